The van der Waals surface area contributed by atoms with E-state index in [1.807, 2.05) is 12.1 Å². The Hall–Kier alpha value is -4.54. The monoisotopic (exact) mass is 551 g/mol. The fourth-order valence-electron chi connectivity index (χ4n) is 6.69. The first-order valence-electron chi connectivity index (χ1n) is 13.2. The summed E-state index contributed by atoms with van der Waals surface area (Å²) in [6, 6.07) is 9.72. The number of ketones is 1. The maximum atomic E-state index is 13.5. The quantitative estimate of drug-likeness (QED) is 0.214. The van der Waals surface area contributed by atoms with Crippen LogP contribution in [0.5, 0.6) is 0 Å². The number of carbonyl (C=O) groups is 2. The zero-order valence-corrected chi connectivity index (χ0v) is 21.9. The van der Waals surface area contributed by atoms with Crippen LogP contribution >= 0.6 is 0 Å². The Morgan fingerprint density at radius 3 is 2.54 bits per heavy atom. The van der Waals surface area contributed by atoms with Crippen molar-refractivity contribution in [2.45, 2.75) is 49.8 Å². The number of rotatable bonds is 4. The topological polar surface area (TPSA) is 191 Å². The number of nitrogens with zero attached hydrogens (tertiary/aromatic N) is 6. The molecule has 3 aliphatic rings. The van der Waals surface area contributed by atoms with Crippen molar-refractivity contribution < 1.29 is 24.9 Å². The third kappa shape index (κ3) is 3.64. The van der Waals surface area contributed by atoms with Crippen molar-refractivity contribution in [2.75, 3.05) is 0 Å². The maximum Gasteiger partial charge on any atom is 0.372 e. The summed E-state index contributed by atoms with van der Waals surface area (Å²) in [5, 5.41) is 44.6. The average molecular weight is 552 g/mol. The molecule has 0 saturated heterocycles. The minimum Gasteiger partial charge on any atom is -0.325 e. The van der Waals surface area contributed by atoms with Crippen LogP contribution in [0.1, 0.15) is 81.5 Å². The second kappa shape index (κ2) is 8.48. The molecule has 1 saturated carbocycles. The number of nitrogens with two attached hydrogens (primary N) is 1. The van der Waals surface area contributed by atoms with E-state index in [-0.39, 0.29) is 23.7 Å². The third-order valence-corrected chi connectivity index (χ3v) is 8.58. The minimum atomic E-state index is -3.45. The normalized spacial score (nSPS) is 24.8. The van der Waals surface area contributed by atoms with Gasteiger partial charge < -0.3 is 21.1 Å². The average Bonchev–Trinajstić information content (AvgIpc) is 3.43. The summed E-state index contributed by atoms with van der Waals surface area (Å²) in [4.78, 5) is 35.8. The van der Waals surface area contributed by atoms with Crippen molar-refractivity contribution in [2.24, 2.45) is 11.7 Å². The van der Waals surface area contributed by atoms with Gasteiger partial charge in [0.1, 0.15) is 5.82 Å². The van der Waals surface area contributed by atoms with Gasteiger partial charge in [-0.25, -0.2) is 14.5 Å². The number of nitriles is 1. The van der Waals surface area contributed by atoms with E-state index in [9.17, 15) is 24.9 Å². The van der Waals surface area contributed by atoms with Crippen LogP contribution in [0.3, 0.4) is 0 Å². The predicted molar refractivity (Wildman–Crippen MR) is 142 cm³/mol. The molecule has 1 amide bonds. The highest BCUT2D eigenvalue weighted by atomic mass is 16.7. The van der Waals surface area contributed by atoms with E-state index in [0.29, 0.717) is 45.9 Å². The number of hydrogen-bond donors (Lipinski definition) is 4. The van der Waals surface area contributed by atoms with Crippen LogP contribution in [0.25, 0.3) is 16.6 Å². The molecular weight excluding hydrogens is 526 g/mol. The van der Waals surface area contributed by atoms with Crippen LogP contribution in [-0.4, -0.2) is 57.6 Å². The first-order valence-corrected chi connectivity index (χ1v) is 13.2. The number of benzene rings is 1. The summed E-state index contributed by atoms with van der Waals surface area (Å²) in [7, 11) is 0. The van der Waals surface area contributed by atoms with Gasteiger partial charge in [-0.1, -0.05) is 12.1 Å². The summed E-state index contributed by atoms with van der Waals surface area (Å²) >= 11 is 0. The van der Waals surface area contributed by atoms with Gasteiger partial charge in [-0.15, -0.1) is 0 Å². The van der Waals surface area contributed by atoms with Gasteiger partial charge in [0.05, 0.1) is 34.8 Å². The molecule has 41 heavy (non-hydrogen) atoms. The Balaban J connectivity index is 1.37. The lowest BCUT2D eigenvalue weighted by molar-refractivity contribution is -0.385. The number of aromatic nitrogens is 4. The molecule has 12 nitrogen and oxygen atoms in total. The number of hydrogen-bond acceptors (Lipinski definition) is 10. The minimum absolute atomic E-state index is 0.0919. The predicted octanol–water partition coefficient (Wildman–Crippen LogP) is 1.70. The smallest absolute Gasteiger partial charge is 0.325 e. The van der Waals surface area contributed by atoms with Crippen molar-refractivity contribution in [1.29, 1.82) is 5.26 Å². The second-order valence-corrected chi connectivity index (χ2v) is 11.1. The molecule has 5 N–H and O–H groups in total. The molecule has 1 aromatic carbocycles. The summed E-state index contributed by atoms with van der Waals surface area (Å²) in [6.45, 7) is 1.41. The lowest BCUT2D eigenvalue weighted by Crippen LogP contribution is -2.53. The number of carbonyl (C=O) groups excluding carboxylic acids is 2. The standard InChI is InChI=1S/C29H25N7O5/c1-14(37)18-3-2-4-19-23(18)20-8-22(36(26(19)38)29(39,40)41)25-24(20)21-7-16(5-6-35(21)34-25)17-12-32-27(33-13-17)28(31)9-15(10-28)11-30/h2-7,12-13,15,20,22,39-41H,8-10,31H2,1H3. The first kappa shape index (κ1) is 25.4. The fraction of sp³-hybridized carbons (Fsp3) is 0.310. The molecule has 0 radical (unpaired) electrons. The van der Waals surface area contributed by atoms with Gasteiger partial charge in [0.2, 0.25) is 0 Å². The number of amides is 1. The van der Waals surface area contributed by atoms with Crippen molar-refractivity contribution in [3.05, 3.63) is 82.7 Å². The van der Waals surface area contributed by atoms with Crippen LogP contribution < -0.4 is 5.73 Å². The lowest BCUT2D eigenvalue weighted by Gasteiger charge is -2.40. The van der Waals surface area contributed by atoms with Gasteiger partial charge in [0, 0.05) is 46.8 Å². The molecule has 12 heteroatoms. The molecule has 2 unspecified atom stereocenters. The molecule has 0 spiro atoms. The molecule has 2 aliphatic carbocycles. The SMILES string of the molecule is CC(=O)c1cccc2c1C1CC(c3nn4ccc(-c5cnc(C6(N)CC(C#N)C6)nc5)cc4c31)N(C(O)(O)O)C2=O. The number of pyridine rings is 1. The molecule has 1 aliphatic heterocycles. The van der Waals surface area contributed by atoms with E-state index in [1.54, 1.807) is 35.2 Å². The Morgan fingerprint density at radius 2 is 1.88 bits per heavy atom. The molecule has 7 rings (SSSR count). The second-order valence-electron chi connectivity index (χ2n) is 11.1. The fourth-order valence-corrected chi connectivity index (χ4v) is 6.69. The molecule has 2 bridgehead atoms. The van der Waals surface area contributed by atoms with Crippen LogP contribution in [-0.2, 0) is 5.54 Å². The van der Waals surface area contributed by atoms with Gasteiger partial charge in [-0.2, -0.15) is 10.4 Å². The van der Waals surface area contributed by atoms with E-state index in [4.69, 9.17) is 11.0 Å². The molecule has 4 aromatic rings. The highest BCUT2D eigenvalue weighted by Crippen LogP contribution is 2.53. The lowest BCUT2D eigenvalue weighted by atomic mass is 9.69. The summed E-state index contributed by atoms with van der Waals surface area (Å²) in [5.74, 6) is -1.13. The van der Waals surface area contributed by atoms with Crippen molar-refractivity contribution in [1.82, 2.24) is 24.5 Å². The van der Waals surface area contributed by atoms with Gasteiger partial charge in [-0.05, 0) is 55.5 Å². The van der Waals surface area contributed by atoms with Crippen LogP contribution in [0.2, 0.25) is 0 Å². The van der Waals surface area contributed by atoms with E-state index < -0.39 is 29.5 Å². The van der Waals surface area contributed by atoms with Crippen molar-refractivity contribution in [3.8, 4) is 17.2 Å². The van der Waals surface area contributed by atoms with E-state index in [2.05, 4.69) is 21.1 Å². The Bertz CT molecular complexity index is 1810. The van der Waals surface area contributed by atoms with E-state index >= 15 is 0 Å². The summed E-state index contributed by atoms with van der Waals surface area (Å²) in [6.07, 6.45) is 2.89. The Morgan fingerprint density at radius 1 is 1.15 bits per heavy atom. The molecule has 206 valence electrons. The molecule has 3 aromatic heterocycles. The van der Waals surface area contributed by atoms with E-state index in [0.717, 1.165) is 16.7 Å². The third-order valence-electron chi connectivity index (χ3n) is 8.58. The van der Waals surface area contributed by atoms with Crippen LogP contribution in [0.4, 0.5) is 0 Å². The number of fused-ring (bicyclic) bond motifs is 9. The molecule has 2 atom stereocenters. The first-order chi connectivity index (χ1) is 19.5. The largest absolute Gasteiger partial charge is 0.372 e. The van der Waals surface area contributed by atoms with Crippen LogP contribution in [0, 0.1) is 17.2 Å². The highest BCUT2D eigenvalue weighted by Gasteiger charge is 2.52. The zero-order chi connectivity index (χ0) is 28.8. The van der Waals surface area contributed by atoms with Crippen molar-refractivity contribution >= 4 is 17.2 Å². The Labute approximate surface area is 233 Å². The maximum absolute atomic E-state index is 13.5. The highest BCUT2D eigenvalue weighted by molar-refractivity contribution is 6.04. The van der Waals surface area contributed by atoms with E-state index in [1.165, 1.54) is 13.0 Å². The molecular formula is C29H25N7O5. The summed E-state index contributed by atoms with van der Waals surface area (Å²) < 4.78 is 1.63. The molecule has 1 fully saturated rings. The number of Topliss-reactive ketones (excluding diaryl/α,β-unsaturated/α-hetero) is 1. The van der Waals surface area contributed by atoms with Gasteiger partial charge in [0.15, 0.2) is 5.78 Å². The van der Waals surface area contributed by atoms with Gasteiger partial charge in [-0.3, -0.25) is 14.5 Å². The summed E-state index contributed by atoms with van der Waals surface area (Å²) in [5.41, 5.74) is 9.95. The zero-order valence-electron chi connectivity index (χ0n) is 21.9. The number of aliphatic hydroxyl groups is 3. The molecule has 4 heterocycles. The van der Waals surface area contributed by atoms with Crippen molar-refractivity contribution in [3.63, 3.8) is 0 Å². The van der Waals surface area contributed by atoms with Gasteiger partial charge in [0.25, 0.3) is 5.91 Å². The van der Waals surface area contributed by atoms with Crippen LogP contribution in [0.15, 0.2) is 48.9 Å². The van der Waals surface area contributed by atoms with Gasteiger partial charge >= 0.3 is 6.10 Å². The Kier molecular flexibility index (Phi) is 5.26.